The van der Waals surface area contributed by atoms with Crippen molar-refractivity contribution in [3.8, 4) is 0 Å². The van der Waals surface area contributed by atoms with Gasteiger partial charge in [0.1, 0.15) is 5.82 Å². The number of nitrogens with two attached hydrogens (primary N) is 1. The molecule has 0 atom stereocenters. The van der Waals surface area contributed by atoms with Crippen LogP contribution in [-0.4, -0.2) is 11.2 Å². The molecule has 3 heteroatoms. The van der Waals surface area contributed by atoms with Crippen LogP contribution in [0, 0.1) is 0 Å². The molecule has 0 amide bonds. The lowest BCUT2D eigenvalue weighted by Crippen LogP contribution is -1.91. The van der Waals surface area contributed by atoms with Gasteiger partial charge in [0.05, 0.1) is 0 Å². The van der Waals surface area contributed by atoms with E-state index in [9.17, 15) is 0 Å². The predicted molar refractivity (Wildman–Crippen MR) is 47.8 cm³/mol. The van der Waals surface area contributed by atoms with Gasteiger partial charge in [-0.2, -0.15) is 0 Å². The van der Waals surface area contributed by atoms with Crippen molar-refractivity contribution in [1.82, 2.24) is 4.98 Å². The van der Waals surface area contributed by atoms with E-state index >= 15 is 0 Å². The molecule has 0 aliphatic rings. The first kappa shape index (κ1) is 7.60. The van der Waals surface area contributed by atoms with Crippen LogP contribution in [0.4, 0.5) is 5.82 Å². The summed E-state index contributed by atoms with van der Waals surface area (Å²) in [7, 11) is 0. The second-order valence-corrected chi connectivity index (χ2v) is 2.15. The summed E-state index contributed by atoms with van der Waals surface area (Å²) in [5.74, 6) is 0.764. The predicted octanol–water partition coefficient (Wildman–Crippen LogP) is 1.67. The summed E-state index contributed by atoms with van der Waals surface area (Å²) in [6.07, 6.45) is 3.49. The molecule has 1 aromatic heterocycles. The van der Waals surface area contributed by atoms with Crippen molar-refractivity contribution >= 4 is 17.7 Å². The lowest BCUT2D eigenvalue weighted by atomic mass is 10.2. The first-order valence-corrected chi connectivity index (χ1v) is 3.36. The number of aromatic nitrogens is 1. The highest BCUT2D eigenvalue weighted by Gasteiger charge is 2.00. The molecule has 0 aliphatic carbocycles. The number of nitrogens with one attached hydrogen (secondary N) is 1. The fraction of sp³-hybridized carbons (Fsp3) is 0.125. The summed E-state index contributed by atoms with van der Waals surface area (Å²) in [6, 6.07) is 1.85. The van der Waals surface area contributed by atoms with Gasteiger partial charge in [0.25, 0.3) is 0 Å². The van der Waals surface area contributed by atoms with E-state index in [1.54, 1.807) is 12.4 Å². The molecule has 0 aromatic carbocycles. The standard InChI is InChI=1S/C8H11N3/c1-3-10-8-7(6(2)9)4-5-11-8/h3-5,11H,2,9H2,1H3/b10-3-. The zero-order valence-corrected chi connectivity index (χ0v) is 6.46. The highest BCUT2D eigenvalue weighted by atomic mass is 14.9. The maximum absolute atomic E-state index is 5.50. The van der Waals surface area contributed by atoms with Gasteiger partial charge in [-0.05, 0) is 13.0 Å². The number of nitrogens with zero attached hydrogens (tertiary/aromatic N) is 1. The zero-order chi connectivity index (χ0) is 8.27. The van der Waals surface area contributed by atoms with E-state index in [0.717, 1.165) is 11.4 Å². The maximum atomic E-state index is 5.50. The van der Waals surface area contributed by atoms with Crippen molar-refractivity contribution in [1.29, 1.82) is 0 Å². The first-order valence-electron chi connectivity index (χ1n) is 3.36. The Kier molecular flexibility index (Phi) is 2.11. The fourth-order valence-corrected chi connectivity index (χ4v) is 0.856. The minimum absolute atomic E-state index is 0.534. The molecule has 0 bridgehead atoms. The van der Waals surface area contributed by atoms with Crippen molar-refractivity contribution < 1.29 is 0 Å². The molecule has 3 nitrogen and oxygen atoms in total. The molecule has 0 spiro atoms. The van der Waals surface area contributed by atoms with Gasteiger partial charge < -0.3 is 10.7 Å². The summed E-state index contributed by atoms with van der Waals surface area (Å²) in [4.78, 5) is 7.02. The average molecular weight is 149 g/mol. The molecule has 0 unspecified atom stereocenters. The van der Waals surface area contributed by atoms with Crippen molar-refractivity contribution in [3.05, 3.63) is 24.4 Å². The summed E-state index contributed by atoms with van der Waals surface area (Å²) >= 11 is 0. The molecule has 1 heterocycles. The van der Waals surface area contributed by atoms with Crippen LogP contribution in [0.15, 0.2) is 23.8 Å². The van der Waals surface area contributed by atoms with Gasteiger partial charge in [0.2, 0.25) is 0 Å². The van der Waals surface area contributed by atoms with Crippen LogP contribution in [-0.2, 0) is 0 Å². The number of aromatic amines is 1. The summed E-state index contributed by atoms with van der Waals surface area (Å²) < 4.78 is 0. The third-order valence-electron chi connectivity index (χ3n) is 1.33. The molecule has 1 aromatic rings. The lowest BCUT2D eigenvalue weighted by molar-refractivity contribution is 1.33. The van der Waals surface area contributed by atoms with E-state index in [-0.39, 0.29) is 0 Å². The summed E-state index contributed by atoms with van der Waals surface area (Å²) in [6.45, 7) is 5.48. The molecular weight excluding hydrogens is 138 g/mol. The Morgan fingerprint density at radius 2 is 2.55 bits per heavy atom. The van der Waals surface area contributed by atoms with Crippen LogP contribution in [0.1, 0.15) is 12.5 Å². The second kappa shape index (κ2) is 3.05. The molecule has 0 fully saturated rings. The molecule has 1 rings (SSSR count). The highest BCUT2D eigenvalue weighted by Crippen LogP contribution is 2.19. The van der Waals surface area contributed by atoms with Gasteiger partial charge >= 0.3 is 0 Å². The summed E-state index contributed by atoms with van der Waals surface area (Å²) in [5.41, 5.74) is 6.90. The third kappa shape index (κ3) is 1.49. The van der Waals surface area contributed by atoms with E-state index < -0.39 is 0 Å². The Morgan fingerprint density at radius 3 is 3.09 bits per heavy atom. The van der Waals surface area contributed by atoms with Crippen LogP contribution in [0.25, 0.3) is 5.70 Å². The lowest BCUT2D eigenvalue weighted by Gasteiger charge is -1.95. The van der Waals surface area contributed by atoms with Crippen LogP contribution in [0.5, 0.6) is 0 Å². The van der Waals surface area contributed by atoms with Gasteiger partial charge in [-0.25, -0.2) is 4.99 Å². The van der Waals surface area contributed by atoms with Gasteiger partial charge in [-0.1, -0.05) is 6.58 Å². The molecule has 11 heavy (non-hydrogen) atoms. The second-order valence-electron chi connectivity index (χ2n) is 2.15. The SMILES string of the molecule is C=C(N)c1cc[nH]c1/N=C\C. The van der Waals surface area contributed by atoms with E-state index in [1.165, 1.54) is 0 Å². The largest absolute Gasteiger partial charge is 0.399 e. The molecule has 0 saturated heterocycles. The quantitative estimate of drug-likeness (QED) is 0.617. The molecular formula is C8H11N3. The molecule has 58 valence electrons. The first-order chi connectivity index (χ1) is 5.25. The van der Waals surface area contributed by atoms with E-state index in [4.69, 9.17) is 5.73 Å². The van der Waals surface area contributed by atoms with Crippen molar-refractivity contribution in [2.75, 3.05) is 0 Å². The molecule has 0 saturated carbocycles. The third-order valence-corrected chi connectivity index (χ3v) is 1.33. The Hall–Kier alpha value is -1.51. The van der Waals surface area contributed by atoms with Gasteiger partial charge in [0, 0.05) is 23.7 Å². The van der Waals surface area contributed by atoms with Crippen molar-refractivity contribution in [2.24, 2.45) is 10.7 Å². The Labute approximate surface area is 65.6 Å². The number of hydrogen-bond donors (Lipinski definition) is 2. The van der Waals surface area contributed by atoms with Crippen molar-refractivity contribution in [3.63, 3.8) is 0 Å². The fourth-order valence-electron chi connectivity index (χ4n) is 0.856. The number of rotatable bonds is 2. The van der Waals surface area contributed by atoms with Crippen LogP contribution in [0.2, 0.25) is 0 Å². The Bertz CT molecular complexity index is 283. The van der Waals surface area contributed by atoms with E-state index in [2.05, 4.69) is 16.6 Å². The molecule has 3 N–H and O–H groups in total. The Balaban J connectivity index is 3.05. The van der Waals surface area contributed by atoms with Crippen molar-refractivity contribution in [2.45, 2.75) is 6.92 Å². The van der Waals surface area contributed by atoms with Gasteiger partial charge in [-0.15, -0.1) is 0 Å². The number of hydrogen-bond acceptors (Lipinski definition) is 2. The summed E-state index contributed by atoms with van der Waals surface area (Å²) in [5, 5.41) is 0. The number of H-pyrrole nitrogens is 1. The van der Waals surface area contributed by atoms with Crippen LogP contribution >= 0.6 is 0 Å². The van der Waals surface area contributed by atoms with Crippen LogP contribution in [0.3, 0.4) is 0 Å². The van der Waals surface area contributed by atoms with Crippen LogP contribution < -0.4 is 5.73 Å². The Morgan fingerprint density at radius 1 is 1.82 bits per heavy atom. The van der Waals surface area contributed by atoms with E-state index in [1.807, 2.05) is 13.0 Å². The smallest absolute Gasteiger partial charge is 0.138 e. The molecule has 0 aliphatic heterocycles. The van der Waals surface area contributed by atoms with Gasteiger partial charge in [0.15, 0.2) is 0 Å². The van der Waals surface area contributed by atoms with Gasteiger partial charge in [-0.3, -0.25) is 0 Å². The normalized spacial score (nSPS) is 10.6. The number of aliphatic imine (C=N–C) groups is 1. The van der Waals surface area contributed by atoms with E-state index in [0.29, 0.717) is 5.70 Å². The topological polar surface area (TPSA) is 54.2 Å². The maximum Gasteiger partial charge on any atom is 0.138 e. The minimum atomic E-state index is 0.534. The average Bonchev–Trinajstić information content (AvgIpc) is 2.36. The molecule has 0 radical (unpaired) electrons. The minimum Gasteiger partial charge on any atom is -0.399 e. The monoisotopic (exact) mass is 149 g/mol. The highest BCUT2D eigenvalue weighted by molar-refractivity contribution is 5.72. The zero-order valence-electron chi connectivity index (χ0n) is 6.46.